The van der Waals surface area contributed by atoms with Crippen molar-refractivity contribution >= 4 is 23.5 Å². The zero-order valence-electron chi connectivity index (χ0n) is 15.5. The zero-order chi connectivity index (χ0) is 19.3. The van der Waals surface area contributed by atoms with Crippen LogP contribution in [0.1, 0.15) is 47.4 Å². The minimum Gasteiger partial charge on any atom is -0.463 e. The standard InChI is InChI=1S/C19H24ClN3O3/c1-12(2)26-16(24)9-10-21-19(25)17-14(4)22-23(18(17)20)11-15-7-5-13(3)6-8-15/h5-8,12H,9-11H2,1-4H3,(H,21,25). The van der Waals surface area contributed by atoms with Crippen LogP contribution in [0.2, 0.25) is 5.15 Å². The van der Waals surface area contributed by atoms with Crippen LogP contribution in [-0.4, -0.2) is 34.3 Å². The number of amides is 1. The Bertz CT molecular complexity index is 782. The van der Waals surface area contributed by atoms with Gasteiger partial charge < -0.3 is 10.1 Å². The molecule has 1 N–H and O–H groups in total. The van der Waals surface area contributed by atoms with Crippen molar-refractivity contribution in [3.8, 4) is 0 Å². The highest BCUT2D eigenvalue weighted by Crippen LogP contribution is 2.21. The molecule has 0 fully saturated rings. The van der Waals surface area contributed by atoms with Gasteiger partial charge >= 0.3 is 5.97 Å². The Kier molecular flexibility index (Phi) is 6.80. The fourth-order valence-electron chi connectivity index (χ4n) is 2.47. The largest absolute Gasteiger partial charge is 0.463 e. The normalized spacial score (nSPS) is 10.8. The van der Waals surface area contributed by atoms with E-state index in [1.807, 2.05) is 31.2 Å². The molecule has 6 nitrogen and oxygen atoms in total. The van der Waals surface area contributed by atoms with E-state index in [1.165, 1.54) is 5.56 Å². The number of rotatable bonds is 7. The Balaban J connectivity index is 2.01. The topological polar surface area (TPSA) is 73.2 Å². The van der Waals surface area contributed by atoms with Gasteiger partial charge in [-0.1, -0.05) is 41.4 Å². The number of aryl methyl sites for hydroxylation is 2. The fraction of sp³-hybridized carbons (Fsp3) is 0.421. The predicted octanol–water partition coefficient (Wildman–Crippen LogP) is 3.27. The number of halogens is 1. The number of hydrogen-bond acceptors (Lipinski definition) is 4. The third-order valence-corrected chi connectivity index (χ3v) is 4.11. The highest BCUT2D eigenvalue weighted by atomic mass is 35.5. The average molecular weight is 378 g/mol. The maximum absolute atomic E-state index is 12.4. The molecule has 1 amide bonds. The van der Waals surface area contributed by atoms with Gasteiger partial charge in [0.25, 0.3) is 5.91 Å². The van der Waals surface area contributed by atoms with Gasteiger partial charge in [-0.3, -0.25) is 9.59 Å². The van der Waals surface area contributed by atoms with E-state index in [0.717, 1.165) is 5.56 Å². The summed E-state index contributed by atoms with van der Waals surface area (Å²) in [5.41, 5.74) is 3.09. The lowest BCUT2D eigenvalue weighted by Crippen LogP contribution is -2.27. The zero-order valence-corrected chi connectivity index (χ0v) is 16.3. The molecule has 0 saturated heterocycles. The van der Waals surface area contributed by atoms with Gasteiger partial charge in [-0.15, -0.1) is 0 Å². The molecule has 26 heavy (non-hydrogen) atoms. The molecule has 0 aliphatic carbocycles. The predicted molar refractivity (Wildman–Crippen MR) is 100 cm³/mol. The molecule has 1 aromatic heterocycles. The van der Waals surface area contributed by atoms with Gasteiger partial charge in [-0.2, -0.15) is 5.10 Å². The van der Waals surface area contributed by atoms with Crippen LogP contribution in [0.3, 0.4) is 0 Å². The minimum atomic E-state index is -0.349. The van der Waals surface area contributed by atoms with Crippen LogP contribution < -0.4 is 5.32 Å². The number of ether oxygens (including phenoxy) is 1. The van der Waals surface area contributed by atoms with E-state index in [9.17, 15) is 9.59 Å². The summed E-state index contributed by atoms with van der Waals surface area (Å²) < 4.78 is 6.63. The van der Waals surface area contributed by atoms with Gasteiger partial charge in [0, 0.05) is 6.54 Å². The lowest BCUT2D eigenvalue weighted by molar-refractivity contribution is -0.147. The van der Waals surface area contributed by atoms with Gasteiger partial charge in [0.05, 0.1) is 30.3 Å². The van der Waals surface area contributed by atoms with Crippen molar-refractivity contribution in [3.05, 3.63) is 51.8 Å². The van der Waals surface area contributed by atoms with E-state index >= 15 is 0 Å². The van der Waals surface area contributed by atoms with Crippen LogP contribution in [0.5, 0.6) is 0 Å². The molecule has 0 radical (unpaired) electrons. The first-order valence-electron chi connectivity index (χ1n) is 8.54. The Morgan fingerprint density at radius 1 is 1.23 bits per heavy atom. The summed E-state index contributed by atoms with van der Waals surface area (Å²) in [7, 11) is 0. The number of nitrogens with zero attached hydrogens (tertiary/aromatic N) is 2. The Labute approximate surface area is 158 Å². The van der Waals surface area contributed by atoms with Gasteiger partial charge in [-0.25, -0.2) is 4.68 Å². The van der Waals surface area contributed by atoms with E-state index in [-0.39, 0.29) is 36.1 Å². The quantitative estimate of drug-likeness (QED) is 0.751. The molecule has 2 aromatic rings. The molecule has 7 heteroatoms. The highest BCUT2D eigenvalue weighted by molar-refractivity contribution is 6.33. The second kappa shape index (κ2) is 8.85. The second-order valence-electron chi connectivity index (χ2n) is 6.44. The van der Waals surface area contributed by atoms with E-state index < -0.39 is 0 Å². The first-order chi connectivity index (χ1) is 12.3. The summed E-state index contributed by atoms with van der Waals surface area (Å²) in [6, 6.07) is 8.04. The lowest BCUT2D eigenvalue weighted by atomic mass is 10.1. The van der Waals surface area contributed by atoms with Crippen molar-refractivity contribution in [3.63, 3.8) is 0 Å². The SMILES string of the molecule is Cc1ccc(Cn2nc(C)c(C(=O)NCCC(=O)OC(C)C)c2Cl)cc1. The van der Waals surface area contributed by atoms with Crippen LogP contribution in [0, 0.1) is 13.8 Å². The molecule has 0 bridgehead atoms. The molecular weight excluding hydrogens is 354 g/mol. The number of nitrogens with one attached hydrogen (secondary N) is 1. The van der Waals surface area contributed by atoms with Crippen LogP contribution in [-0.2, 0) is 16.1 Å². The van der Waals surface area contributed by atoms with Crippen molar-refractivity contribution in [2.45, 2.75) is 46.8 Å². The number of aromatic nitrogens is 2. The summed E-state index contributed by atoms with van der Waals surface area (Å²) in [5, 5.41) is 7.34. The van der Waals surface area contributed by atoms with E-state index in [2.05, 4.69) is 10.4 Å². The highest BCUT2D eigenvalue weighted by Gasteiger charge is 2.20. The summed E-state index contributed by atoms with van der Waals surface area (Å²) >= 11 is 6.36. The Hall–Kier alpha value is -2.34. The smallest absolute Gasteiger partial charge is 0.307 e. The third-order valence-electron chi connectivity index (χ3n) is 3.73. The average Bonchev–Trinajstić information content (AvgIpc) is 2.82. The summed E-state index contributed by atoms with van der Waals surface area (Å²) in [6.45, 7) is 7.98. The Morgan fingerprint density at radius 3 is 2.50 bits per heavy atom. The van der Waals surface area contributed by atoms with Gasteiger partial charge in [0.1, 0.15) is 5.15 Å². The maximum Gasteiger partial charge on any atom is 0.307 e. The number of esters is 1. The van der Waals surface area contributed by atoms with Crippen molar-refractivity contribution in [1.29, 1.82) is 0 Å². The van der Waals surface area contributed by atoms with Gasteiger partial charge in [0.15, 0.2) is 0 Å². The molecule has 1 heterocycles. The van der Waals surface area contributed by atoms with Crippen molar-refractivity contribution in [2.75, 3.05) is 6.54 Å². The minimum absolute atomic E-state index is 0.109. The molecule has 0 atom stereocenters. The van der Waals surface area contributed by atoms with Crippen LogP contribution in [0.15, 0.2) is 24.3 Å². The van der Waals surface area contributed by atoms with Crippen molar-refractivity contribution in [1.82, 2.24) is 15.1 Å². The molecule has 0 spiro atoms. The van der Waals surface area contributed by atoms with Crippen LogP contribution >= 0.6 is 11.6 Å². The van der Waals surface area contributed by atoms with Crippen LogP contribution in [0.25, 0.3) is 0 Å². The first kappa shape index (κ1) is 20.0. The number of benzene rings is 1. The van der Waals surface area contributed by atoms with E-state index in [1.54, 1.807) is 25.5 Å². The van der Waals surface area contributed by atoms with Crippen molar-refractivity contribution < 1.29 is 14.3 Å². The lowest BCUT2D eigenvalue weighted by Gasteiger charge is -2.08. The number of carbonyl (C=O) groups is 2. The van der Waals surface area contributed by atoms with Gasteiger partial charge in [0.2, 0.25) is 0 Å². The van der Waals surface area contributed by atoms with Crippen LogP contribution in [0.4, 0.5) is 0 Å². The Morgan fingerprint density at radius 2 is 1.88 bits per heavy atom. The molecule has 2 rings (SSSR count). The fourth-order valence-corrected chi connectivity index (χ4v) is 2.79. The molecule has 140 valence electrons. The van der Waals surface area contributed by atoms with Crippen molar-refractivity contribution in [2.24, 2.45) is 0 Å². The van der Waals surface area contributed by atoms with E-state index in [0.29, 0.717) is 17.8 Å². The third kappa shape index (κ3) is 5.33. The number of hydrogen-bond donors (Lipinski definition) is 1. The maximum atomic E-state index is 12.4. The molecule has 0 aliphatic heterocycles. The molecule has 0 aliphatic rings. The second-order valence-corrected chi connectivity index (χ2v) is 6.80. The molecule has 0 unspecified atom stereocenters. The monoisotopic (exact) mass is 377 g/mol. The summed E-state index contributed by atoms with van der Waals surface area (Å²) in [6.07, 6.45) is -0.0622. The molecular formula is C19H24ClN3O3. The summed E-state index contributed by atoms with van der Waals surface area (Å²) in [5.74, 6) is -0.696. The molecule has 0 saturated carbocycles. The number of carbonyl (C=O) groups excluding carboxylic acids is 2. The van der Waals surface area contributed by atoms with Gasteiger partial charge in [-0.05, 0) is 33.3 Å². The van der Waals surface area contributed by atoms with E-state index in [4.69, 9.17) is 16.3 Å². The molecule has 1 aromatic carbocycles. The summed E-state index contributed by atoms with van der Waals surface area (Å²) in [4.78, 5) is 23.9. The first-order valence-corrected chi connectivity index (χ1v) is 8.92.